The van der Waals surface area contributed by atoms with Crippen molar-refractivity contribution in [1.82, 2.24) is 4.57 Å². The standard InChI is InChI=1S/C61H59BN2O/c1-57(2,3)34-21-24-36(25-22-34)64-47-26-23-35(58(4,5)6)29-40(47)51-52-38-18-14-16-20-50(38)65-56(52)53-41-30-44-45(60(9,10)28-27-59(44,7)8)33-48(41)63-49-31-39-37-17-13-15-19-42(37)61(11,12)43(39)32-46(49)62(64)54(51)55(53)63/h13-26,29-33H,27-28H2,1-12H3. The topological polar surface area (TPSA) is 21.3 Å². The van der Waals surface area contributed by atoms with Crippen molar-refractivity contribution in [2.24, 2.45) is 0 Å². The number of hydrogen-bond donors (Lipinski definition) is 0. The first-order valence-corrected chi connectivity index (χ1v) is 24.1. The molecular weight excluding hydrogens is 787 g/mol. The van der Waals surface area contributed by atoms with Gasteiger partial charge in [0.15, 0.2) is 0 Å². The van der Waals surface area contributed by atoms with Crippen LogP contribution in [0.25, 0.3) is 71.7 Å². The van der Waals surface area contributed by atoms with Gasteiger partial charge in [-0.2, -0.15) is 0 Å². The zero-order valence-corrected chi connectivity index (χ0v) is 40.3. The fraction of sp³-hybridized carbons (Fsp3) is 0.311. The van der Waals surface area contributed by atoms with Crippen LogP contribution in [0.1, 0.15) is 129 Å². The number of anilines is 2. The smallest absolute Gasteiger partial charge is 0.333 e. The molecule has 9 aromatic rings. The van der Waals surface area contributed by atoms with E-state index in [1.807, 2.05) is 0 Å². The zero-order chi connectivity index (χ0) is 45.1. The Balaban J connectivity index is 1.28. The SMILES string of the molecule is CC(C)(C)c1ccc(N2B3c4cc5c(cc4-n4c6cc7c(cc6c6c8oc9ccccc9c8c(c3c64)-c3cc(C(C)(C)C)ccc32)C(C)(C)CCC7(C)C)-c2ccccc2C5(C)C)cc1. The van der Waals surface area contributed by atoms with E-state index in [1.54, 1.807) is 0 Å². The molecule has 322 valence electrons. The highest BCUT2D eigenvalue weighted by atomic mass is 16.3. The summed E-state index contributed by atoms with van der Waals surface area (Å²) in [7, 11) is 0. The van der Waals surface area contributed by atoms with E-state index in [2.05, 4.69) is 208 Å². The second-order valence-electron chi connectivity index (χ2n) is 24.0. The Kier molecular flexibility index (Phi) is 7.43. The third-order valence-electron chi connectivity index (χ3n) is 16.7. The summed E-state index contributed by atoms with van der Waals surface area (Å²) >= 11 is 0. The molecule has 0 amide bonds. The predicted octanol–water partition coefficient (Wildman–Crippen LogP) is 15.2. The molecule has 0 radical (unpaired) electrons. The number of hydrogen-bond acceptors (Lipinski definition) is 2. The second kappa shape index (κ2) is 12.3. The summed E-state index contributed by atoms with van der Waals surface area (Å²) in [4.78, 5) is 2.71. The van der Waals surface area contributed by atoms with E-state index in [1.165, 1.54) is 116 Å². The average molecular weight is 847 g/mol. The minimum Gasteiger partial charge on any atom is -0.455 e. The number of aromatic nitrogens is 1. The van der Waals surface area contributed by atoms with Crippen molar-refractivity contribution in [3.8, 4) is 27.9 Å². The molecule has 7 aromatic carbocycles. The minimum atomic E-state index is -0.162. The molecule has 13 rings (SSSR count). The molecule has 4 heteroatoms. The van der Waals surface area contributed by atoms with Crippen LogP contribution in [-0.4, -0.2) is 11.4 Å². The van der Waals surface area contributed by atoms with E-state index in [0.717, 1.165) is 24.0 Å². The number of rotatable bonds is 1. The summed E-state index contributed by atoms with van der Waals surface area (Å²) in [6.45, 7) is 28.6. The maximum Gasteiger partial charge on any atom is 0.333 e. The maximum absolute atomic E-state index is 7.33. The van der Waals surface area contributed by atoms with Gasteiger partial charge in [0.1, 0.15) is 11.2 Å². The van der Waals surface area contributed by atoms with E-state index < -0.39 is 0 Å². The van der Waals surface area contributed by atoms with Gasteiger partial charge in [0.25, 0.3) is 0 Å². The van der Waals surface area contributed by atoms with Crippen molar-refractivity contribution < 1.29 is 4.42 Å². The lowest BCUT2D eigenvalue weighted by Gasteiger charge is -2.43. The van der Waals surface area contributed by atoms with Crippen molar-refractivity contribution in [3.63, 3.8) is 0 Å². The molecular formula is C61H59BN2O. The fourth-order valence-electron chi connectivity index (χ4n) is 12.9. The van der Waals surface area contributed by atoms with E-state index >= 15 is 0 Å². The summed E-state index contributed by atoms with van der Waals surface area (Å²) in [5, 5.41) is 4.94. The van der Waals surface area contributed by atoms with Crippen molar-refractivity contribution in [3.05, 3.63) is 149 Å². The van der Waals surface area contributed by atoms with Crippen LogP contribution < -0.4 is 15.7 Å². The molecule has 0 saturated heterocycles. The van der Waals surface area contributed by atoms with Gasteiger partial charge in [0.05, 0.1) is 16.4 Å². The zero-order valence-electron chi connectivity index (χ0n) is 40.3. The monoisotopic (exact) mass is 846 g/mol. The highest BCUT2D eigenvalue weighted by Gasteiger charge is 2.49. The summed E-state index contributed by atoms with van der Waals surface area (Å²) in [5.41, 5.74) is 24.6. The Morgan fingerprint density at radius 3 is 1.94 bits per heavy atom. The summed E-state index contributed by atoms with van der Waals surface area (Å²) in [6, 6.07) is 45.2. The van der Waals surface area contributed by atoms with Gasteiger partial charge >= 0.3 is 6.85 Å². The molecule has 2 aromatic heterocycles. The van der Waals surface area contributed by atoms with Crippen molar-refractivity contribution in [2.45, 2.75) is 123 Å². The van der Waals surface area contributed by atoms with Crippen LogP contribution in [0, 0.1) is 0 Å². The fourth-order valence-corrected chi connectivity index (χ4v) is 12.9. The van der Waals surface area contributed by atoms with Crippen molar-refractivity contribution in [2.75, 3.05) is 4.81 Å². The Bertz CT molecular complexity index is 3600. The van der Waals surface area contributed by atoms with Crippen molar-refractivity contribution >= 4 is 72.9 Å². The Hall–Kier alpha value is -6.00. The first kappa shape index (κ1) is 39.4. The minimum absolute atomic E-state index is 0.0362. The number of furan rings is 1. The van der Waals surface area contributed by atoms with Crippen LogP contribution >= 0.6 is 0 Å². The Morgan fingerprint density at radius 2 is 1.22 bits per heavy atom. The lowest BCUT2D eigenvalue weighted by Crippen LogP contribution is -2.60. The van der Waals surface area contributed by atoms with Crippen LogP contribution in [0.4, 0.5) is 11.4 Å². The van der Waals surface area contributed by atoms with Gasteiger partial charge in [-0.25, -0.2) is 0 Å². The van der Waals surface area contributed by atoms with Crippen LogP contribution in [0.5, 0.6) is 0 Å². The van der Waals surface area contributed by atoms with Crippen LogP contribution in [0.2, 0.25) is 0 Å². The quantitative estimate of drug-likeness (QED) is 0.154. The molecule has 4 aliphatic rings. The normalized spacial score (nSPS) is 17.4. The van der Waals surface area contributed by atoms with E-state index in [4.69, 9.17) is 4.42 Å². The van der Waals surface area contributed by atoms with E-state index in [9.17, 15) is 0 Å². The van der Waals surface area contributed by atoms with Gasteiger partial charge in [0, 0.05) is 44.2 Å². The van der Waals surface area contributed by atoms with Crippen LogP contribution in [0.15, 0.2) is 120 Å². The summed E-state index contributed by atoms with van der Waals surface area (Å²) in [5.74, 6) is 0. The van der Waals surface area contributed by atoms with E-state index in [-0.39, 0.29) is 33.9 Å². The Labute approximate surface area is 384 Å². The molecule has 0 N–H and O–H groups in total. The van der Waals surface area contributed by atoms with Gasteiger partial charge in [-0.05, 0) is 144 Å². The highest BCUT2D eigenvalue weighted by molar-refractivity contribution is 6.94. The lowest BCUT2D eigenvalue weighted by molar-refractivity contribution is 0.332. The highest BCUT2D eigenvalue weighted by Crippen LogP contribution is 2.56. The molecule has 0 unspecified atom stereocenters. The number of para-hydroxylation sites is 1. The molecule has 2 aliphatic heterocycles. The van der Waals surface area contributed by atoms with Crippen LogP contribution in [0.3, 0.4) is 0 Å². The average Bonchev–Trinajstić information content (AvgIpc) is 3.89. The first-order valence-electron chi connectivity index (χ1n) is 24.1. The van der Waals surface area contributed by atoms with E-state index in [0.29, 0.717) is 0 Å². The lowest BCUT2D eigenvalue weighted by atomic mass is 9.43. The molecule has 3 nitrogen and oxygen atoms in total. The predicted molar refractivity (Wildman–Crippen MR) is 277 cm³/mol. The van der Waals surface area contributed by atoms with Crippen molar-refractivity contribution in [1.29, 1.82) is 0 Å². The summed E-state index contributed by atoms with van der Waals surface area (Å²) in [6.07, 6.45) is 2.32. The molecule has 0 atom stereocenters. The molecule has 0 saturated carbocycles. The Morgan fingerprint density at radius 1 is 0.554 bits per heavy atom. The van der Waals surface area contributed by atoms with Gasteiger partial charge in [-0.15, -0.1) is 0 Å². The molecule has 2 aliphatic carbocycles. The van der Waals surface area contributed by atoms with Gasteiger partial charge in [-0.3, -0.25) is 0 Å². The largest absolute Gasteiger partial charge is 0.455 e. The number of nitrogens with zero attached hydrogens (tertiary/aromatic N) is 2. The van der Waals surface area contributed by atoms with Gasteiger partial charge < -0.3 is 13.8 Å². The van der Waals surface area contributed by atoms with Crippen LogP contribution in [-0.2, 0) is 27.1 Å². The molecule has 0 bridgehead atoms. The third-order valence-corrected chi connectivity index (χ3v) is 16.7. The summed E-state index contributed by atoms with van der Waals surface area (Å²) < 4.78 is 10.0. The maximum atomic E-state index is 7.33. The molecule has 4 heterocycles. The number of fused-ring (bicyclic) bond motifs is 17. The molecule has 0 spiro atoms. The number of benzene rings is 7. The van der Waals surface area contributed by atoms with Gasteiger partial charge in [0.2, 0.25) is 0 Å². The molecule has 0 fully saturated rings. The van der Waals surface area contributed by atoms with Gasteiger partial charge in [-0.1, -0.05) is 150 Å². The first-order chi connectivity index (χ1) is 30.8. The second-order valence-corrected chi connectivity index (χ2v) is 24.0. The third kappa shape index (κ3) is 5.04. The molecule has 65 heavy (non-hydrogen) atoms.